The van der Waals surface area contributed by atoms with Gasteiger partial charge in [-0.3, -0.25) is 23.4 Å². The van der Waals surface area contributed by atoms with E-state index in [0.717, 1.165) is 109 Å². The summed E-state index contributed by atoms with van der Waals surface area (Å²) in [5, 5.41) is 9.82. The van der Waals surface area contributed by atoms with Gasteiger partial charge in [-0.2, -0.15) is 0 Å². The molecule has 0 amide bonds. The molecule has 442 valence electrons. The number of carbonyl (C=O) groups is 3. The maximum Gasteiger partial charge on any atom is 0.472 e. The normalized spacial score (nSPS) is 14.3. The second kappa shape index (κ2) is 58.8. The summed E-state index contributed by atoms with van der Waals surface area (Å²) in [6, 6.07) is 0. The van der Waals surface area contributed by atoms with E-state index in [4.69, 9.17) is 23.3 Å². The first-order valence-corrected chi connectivity index (χ1v) is 31.6. The molecule has 11 nitrogen and oxygen atoms in total. The molecule has 0 aliphatic rings. The number of hydrogen-bond acceptors (Lipinski definition) is 10. The van der Waals surface area contributed by atoms with Crippen molar-refractivity contribution in [2.75, 3.05) is 26.4 Å². The van der Waals surface area contributed by atoms with Crippen LogP contribution in [0.25, 0.3) is 0 Å². The SMILES string of the molecule is CC/C=C\C/C=C\C/C=C\C/C=C\C/C=C\C/C=C\CCC(=O)OCC(COP(=O)(O)OCC(CO)OC(=O)CCCCCCCCCCCCCCC)OC(=O)CCCCC/C=C\C/C=C\C/C=C\C/C=C\C/C=C\CC. The van der Waals surface area contributed by atoms with Gasteiger partial charge >= 0.3 is 25.7 Å². The lowest BCUT2D eigenvalue weighted by Crippen LogP contribution is -2.30. The minimum absolute atomic E-state index is 0.0871. The Hall–Kier alpha value is -4.38. The molecule has 78 heavy (non-hydrogen) atoms. The Morgan fingerprint density at radius 3 is 1.08 bits per heavy atom. The maximum atomic E-state index is 12.9. The summed E-state index contributed by atoms with van der Waals surface area (Å²) in [5.41, 5.74) is 0. The average Bonchev–Trinajstić information content (AvgIpc) is 3.43. The van der Waals surface area contributed by atoms with Crippen molar-refractivity contribution in [2.24, 2.45) is 0 Å². The van der Waals surface area contributed by atoms with Crippen molar-refractivity contribution >= 4 is 25.7 Å². The van der Waals surface area contributed by atoms with Crippen LogP contribution in [0.5, 0.6) is 0 Å². The molecule has 0 rings (SSSR count). The zero-order valence-corrected chi connectivity index (χ0v) is 49.7. The standard InChI is InChI=1S/C66H107O11P/c1-4-7-10-13-16-19-22-25-27-29-31-33-35-38-40-43-46-49-52-55-64(68)73-59-63(77-66(70)57-54-51-48-45-42-39-36-34-32-30-28-26-23-20-17-14-11-8-5-2)61-75-78(71,72)74-60-62(58-67)76-65(69)56-53-50-47-44-41-37-24-21-18-15-12-9-6-3/h7-8,10-11,16-17,19-20,25-28,31-34,38-40,42,46,49,62-63,67H,4-6,9,12-15,18,21-24,29-30,35-37,41,43-45,47-48,50-61H2,1-3H3,(H,71,72)/b10-7-,11-8-,19-16-,20-17-,27-25-,28-26-,33-31-,34-32-,40-38-,42-39-,49-46-. The van der Waals surface area contributed by atoms with Gasteiger partial charge in [0.2, 0.25) is 0 Å². The molecule has 3 atom stereocenters. The van der Waals surface area contributed by atoms with Crippen molar-refractivity contribution in [3.63, 3.8) is 0 Å². The van der Waals surface area contributed by atoms with E-state index in [1.807, 2.05) is 12.2 Å². The van der Waals surface area contributed by atoms with Crippen molar-refractivity contribution in [2.45, 2.75) is 238 Å². The van der Waals surface area contributed by atoms with Crippen LogP contribution in [0.15, 0.2) is 134 Å². The molecule has 0 fully saturated rings. The second-order valence-corrected chi connectivity index (χ2v) is 20.9. The number of ether oxygens (including phenoxy) is 3. The smallest absolute Gasteiger partial charge is 0.462 e. The summed E-state index contributed by atoms with van der Waals surface area (Å²) in [6.45, 7) is 4.29. The van der Waals surface area contributed by atoms with Gasteiger partial charge in [-0.25, -0.2) is 4.57 Å². The molecule has 0 spiro atoms. The Labute approximate surface area is 474 Å². The van der Waals surface area contributed by atoms with Gasteiger partial charge in [-0.05, 0) is 103 Å². The first-order valence-electron chi connectivity index (χ1n) is 30.1. The maximum absolute atomic E-state index is 12.9. The van der Waals surface area contributed by atoms with Crippen LogP contribution in [0, 0.1) is 0 Å². The van der Waals surface area contributed by atoms with Crippen LogP contribution < -0.4 is 0 Å². The molecule has 0 radical (unpaired) electrons. The molecule has 0 aliphatic carbocycles. The van der Waals surface area contributed by atoms with Crippen molar-refractivity contribution in [3.05, 3.63) is 134 Å². The highest BCUT2D eigenvalue weighted by Gasteiger charge is 2.28. The second-order valence-electron chi connectivity index (χ2n) is 19.4. The number of esters is 3. The monoisotopic (exact) mass is 1110 g/mol. The van der Waals surface area contributed by atoms with Crippen LogP contribution >= 0.6 is 7.82 Å². The first kappa shape index (κ1) is 73.6. The van der Waals surface area contributed by atoms with Crippen LogP contribution in [0.2, 0.25) is 0 Å². The Morgan fingerprint density at radius 2 is 0.692 bits per heavy atom. The lowest BCUT2D eigenvalue weighted by Gasteiger charge is -2.21. The van der Waals surface area contributed by atoms with Crippen molar-refractivity contribution in [1.82, 2.24) is 0 Å². The Balaban J connectivity index is 4.91. The van der Waals surface area contributed by atoms with Gasteiger partial charge in [0.05, 0.1) is 19.8 Å². The minimum atomic E-state index is -4.78. The molecule has 0 aliphatic heterocycles. The summed E-state index contributed by atoms with van der Waals surface area (Å²) in [5.74, 6) is -1.62. The lowest BCUT2D eigenvalue weighted by molar-refractivity contribution is -0.161. The largest absolute Gasteiger partial charge is 0.472 e. The molecule has 0 saturated carbocycles. The van der Waals surface area contributed by atoms with Gasteiger partial charge in [-0.15, -0.1) is 0 Å². The van der Waals surface area contributed by atoms with Gasteiger partial charge in [0.25, 0.3) is 0 Å². The quantitative estimate of drug-likeness (QED) is 0.0197. The van der Waals surface area contributed by atoms with E-state index in [2.05, 4.69) is 142 Å². The predicted molar refractivity (Wildman–Crippen MR) is 325 cm³/mol. The van der Waals surface area contributed by atoms with Gasteiger partial charge in [0.15, 0.2) is 6.10 Å². The molecule has 0 bridgehead atoms. The van der Waals surface area contributed by atoms with E-state index in [1.165, 1.54) is 57.8 Å². The summed E-state index contributed by atoms with van der Waals surface area (Å²) < 4.78 is 39.5. The van der Waals surface area contributed by atoms with E-state index >= 15 is 0 Å². The number of carbonyl (C=O) groups excluding carboxylic acids is 3. The van der Waals surface area contributed by atoms with E-state index in [0.29, 0.717) is 19.3 Å². The Bertz CT molecular complexity index is 1820. The highest BCUT2D eigenvalue weighted by Crippen LogP contribution is 2.43. The fraction of sp³-hybridized carbons (Fsp3) is 0.621. The van der Waals surface area contributed by atoms with Gasteiger partial charge < -0.3 is 24.2 Å². The van der Waals surface area contributed by atoms with Gasteiger partial charge in [0.1, 0.15) is 12.7 Å². The van der Waals surface area contributed by atoms with Crippen LogP contribution in [0.1, 0.15) is 226 Å². The summed E-state index contributed by atoms with van der Waals surface area (Å²) in [4.78, 5) is 48.6. The zero-order valence-electron chi connectivity index (χ0n) is 48.8. The van der Waals surface area contributed by atoms with Crippen LogP contribution in [-0.2, 0) is 42.2 Å². The number of aliphatic hydroxyl groups excluding tert-OH is 1. The molecular weight excluding hydrogens is 1000 g/mol. The molecule has 0 saturated heterocycles. The van der Waals surface area contributed by atoms with Crippen molar-refractivity contribution < 1.29 is 52.2 Å². The van der Waals surface area contributed by atoms with Crippen LogP contribution in [0.3, 0.4) is 0 Å². The zero-order chi connectivity index (χ0) is 56.9. The number of phosphoric acid groups is 1. The molecule has 0 aromatic heterocycles. The van der Waals surface area contributed by atoms with E-state index in [9.17, 15) is 28.9 Å². The lowest BCUT2D eigenvalue weighted by atomic mass is 10.0. The fourth-order valence-corrected chi connectivity index (χ4v) is 8.37. The Morgan fingerprint density at radius 1 is 0.372 bits per heavy atom. The average molecular weight is 1110 g/mol. The van der Waals surface area contributed by atoms with Crippen LogP contribution in [0.4, 0.5) is 0 Å². The van der Waals surface area contributed by atoms with Crippen molar-refractivity contribution in [1.29, 1.82) is 0 Å². The molecule has 3 unspecified atom stereocenters. The van der Waals surface area contributed by atoms with Crippen LogP contribution in [-0.4, -0.2) is 66.5 Å². The number of hydrogen-bond donors (Lipinski definition) is 2. The number of aliphatic hydroxyl groups is 1. The molecular formula is C66H107O11P. The fourth-order valence-electron chi connectivity index (χ4n) is 7.58. The third-order valence-electron chi connectivity index (χ3n) is 12.1. The first-order chi connectivity index (χ1) is 38.2. The van der Waals surface area contributed by atoms with E-state index in [-0.39, 0.29) is 19.3 Å². The Kier molecular flexibility index (Phi) is 55.5. The topological polar surface area (TPSA) is 155 Å². The number of unbranched alkanes of at least 4 members (excludes halogenated alkanes) is 15. The highest BCUT2D eigenvalue weighted by molar-refractivity contribution is 7.47. The third kappa shape index (κ3) is 56.3. The van der Waals surface area contributed by atoms with E-state index < -0.39 is 64.4 Å². The molecule has 0 heterocycles. The number of phosphoric ester groups is 1. The summed E-state index contributed by atoms with van der Waals surface area (Å²) >= 11 is 0. The molecule has 0 aromatic carbocycles. The number of allylic oxidation sites excluding steroid dienone is 22. The van der Waals surface area contributed by atoms with E-state index in [1.54, 1.807) is 0 Å². The van der Waals surface area contributed by atoms with Crippen molar-refractivity contribution in [3.8, 4) is 0 Å². The third-order valence-corrected chi connectivity index (χ3v) is 13.0. The number of rotatable bonds is 54. The summed E-state index contributed by atoms with van der Waals surface area (Å²) in [6.07, 6.45) is 74.2. The molecule has 2 N–H and O–H groups in total. The van der Waals surface area contributed by atoms with Gasteiger partial charge in [-0.1, -0.05) is 238 Å². The molecule has 0 aromatic rings. The predicted octanol–water partition coefficient (Wildman–Crippen LogP) is 18.1. The summed E-state index contributed by atoms with van der Waals surface area (Å²) in [7, 11) is -4.78. The highest BCUT2D eigenvalue weighted by atomic mass is 31.2. The van der Waals surface area contributed by atoms with Gasteiger partial charge in [0, 0.05) is 19.3 Å². The minimum Gasteiger partial charge on any atom is -0.462 e. The molecule has 12 heteroatoms.